The van der Waals surface area contributed by atoms with Gasteiger partial charge in [-0.2, -0.15) is 0 Å². The molecule has 7 heteroatoms. The van der Waals surface area contributed by atoms with E-state index in [1.807, 2.05) is 0 Å². The Morgan fingerprint density at radius 1 is 1.53 bits per heavy atom. The maximum Gasteiger partial charge on any atom is 0.205 e. The zero-order valence-electron chi connectivity index (χ0n) is 7.77. The normalized spacial score (nSPS) is 22.9. The van der Waals surface area contributed by atoms with Crippen molar-refractivity contribution < 1.29 is 13.2 Å². The Balaban J connectivity index is 2.26. The Morgan fingerprint density at radius 3 is 2.87 bits per heavy atom. The summed E-state index contributed by atoms with van der Waals surface area (Å²) in [6.45, 7) is 1.30. The Hall–Kier alpha value is -0.140. The number of rotatable bonds is 2. The van der Waals surface area contributed by atoms with Crippen molar-refractivity contribution >= 4 is 32.8 Å². The molecule has 1 aromatic rings. The van der Waals surface area contributed by atoms with E-state index in [0.29, 0.717) is 17.5 Å². The molecular formula is C8H10ClNO3S2. The fraction of sp³-hybridized carbons (Fsp3) is 0.500. The summed E-state index contributed by atoms with van der Waals surface area (Å²) in [6, 6.07) is 3.11. The molecule has 1 N–H and O–H groups in total. The van der Waals surface area contributed by atoms with Crippen LogP contribution in [0.15, 0.2) is 16.3 Å². The average molecular weight is 268 g/mol. The molecule has 2 heterocycles. The Kier molecular flexibility index (Phi) is 3.32. The van der Waals surface area contributed by atoms with E-state index in [9.17, 15) is 8.42 Å². The molecule has 1 aliphatic rings. The third-order valence-electron chi connectivity index (χ3n) is 2.09. The van der Waals surface area contributed by atoms with E-state index in [4.69, 9.17) is 16.3 Å². The van der Waals surface area contributed by atoms with Crippen molar-refractivity contribution in [2.45, 2.75) is 9.58 Å². The molecular weight excluding hydrogens is 258 g/mol. The summed E-state index contributed by atoms with van der Waals surface area (Å²) >= 11 is 6.78. The van der Waals surface area contributed by atoms with Crippen LogP contribution in [0.2, 0.25) is 4.34 Å². The van der Waals surface area contributed by atoms with Crippen LogP contribution in [0.5, 0.6) is 0 Å². The monoisotopic (exact) mass is 267 g/mol. The number of hydrogen-bond donors (Lipinski definition) is 1. The minimum Gasteiger partial charge on any atom is -0.377 e. The lowest BCUT2D eigenvalue weighted by atomic mass is 10.5. The molecule has 15 heavy (non-hydrogen) atoms. The molecule has 1 aliphatic heterocycles. The summed E-state index contributed by atoms with van der Waals surface area (Å²) < 4.78 is 29.9. The van der Waals surface area contributed by atoms with Gasteiger partial charge in [0.25, 0.3) is 0 Å². The lowest BCUT2D eigenvalue weighted by Crippen LogP contribution is -2.46. The summed E-state index contributed by atoms with van der Waals surface area (Å²) in [5, 5.41) is 2.27. The molecule has 0 amide bonds. The van der Waals surface area contributed by atoms with Gasteiger partial charge in [0.05, 0.1) is 17.6 Å². The van der Waals surface area contributed by atoms with Crippen molar-refractivity contribution in [3.05, 3.63) is 16.5 Å². The van der Waals surface area contributed by atoms with Gasteiger partial charge < -0.3 is 4.74 Å². The van der Waals surface area contributed by atoms with Gasteiger partial charge in [-0.1, -0.05) is 11.6 Å². The van der Waals surface area contributed by atoms with E-state index in [1.165, 1.54) is 6.07 Å². The van der Waals surface area contributed by atoms with E-state index in [1.54, 1.807) is 6.07 Å². The maximum absolute atomic E-state index is 12.0. The molecule has 1 unspecified atom stereocenters. The Bertz CT molecular complexity index is 436. The second-order valence-corrected chi connectivity index (χ2v) is 7.19. The molecule has 0 spiro atoms. The van der Waals surface area contributed by atoms with Crippen molar-refractivity contribution in [3.63, 3.8) is 0 Å². The fourth-order valence-corrected chi connectivity index (χ4v) is 4.48. The number of nitrogens with one attached hydrogen (secondary N) is 1. The predicted octanol–water partition coefficient (Wildman–Crippen LogP) is 1.12. The summed E-state index contributed by atoms with van der Waals surface area (Å²) in [5.41, 5.74) is 0. The molecule has 0 saturated carbocycles. The highest BCUT2D eigenvalue weighted by atomic mass is 35.5. The number of halogens is 1. The third-order valence-corrected chi connectivity index (χ3v) is 5.81. The smallest absolute Gasteiger partial charge is 0.205 e. The SMILES string of the molecule is O=S(=O)(c1ccc(Cl)s1)C1COCCN1. The van der Waals surface area contributed by atoms with E-state index < -0.39 is 15.2 Å². The summed E-state index contributed by atoms with van der Waals surface area (Å²) in [5.74, 6) is 0. The maximum atomic E-state index is 12.0. The van der Waals surface area contributed by atoms with Crippen LogP contribution < -0.4 is 5.32 Å². The minimum atomic E-state index is -3.34. The van der Waals surface area contributed by atoms with E-state index in [2.05, 4.69) is 5.32 Å². The highest BCUT2D eigenvalue weighted by molar-refractivity contribution is 7.94. The number of sulfone groups is 1. The Morgan fingerprint density at radius 2 is 2.33 bits per heavy atom. The van der Waals surface area contributed by atoms with Gasteiger partial charge in [0, 0.05) is 6.54 Å². The summed E-state index contributed by atoms with van der Waals surface area (Å²) in [6.07, 6.45) is 0. The van der Waals surface area contributed by atoms with Crippen molar-refractivity contribution in [2.75, 3.05) is 19.8 Å². The quantitative estimate of drug-likeness (QED) is 0.873. The first-order valence-corrected chi connectivity index (χ1v) is 7.15. The molecule has 1 saturated heterocycles. The second kappa shape index (κ2) is 4.39. The van der Waals surface area contributed by atoms with Crippen LogP contribution in [0.1, 0.15) is 0 Å². The zero-order valence-corrected chi connectivity index (χ0v) is 10.2. The molecule has 2 rings (SSSR count). The van der Waals surface area contributed by atoms with Crippen molar-refractivity contribution in [2.24, 2.45) is 0 Å². The molecule has 1 aromatic heterocycles. The molecule has 1 fully saturated rings. The minimum absolute atomic E-state index is 0.192. The topological polar surface area (TPSA) is 55.4 Å². The molecule has 0 aliphatic carbocycles. The van der Waals surface area contributed by atoms with Crippen LogP contribution in [-0.2, 0) is 14.6 Å². The van der Waals surface area contributed by atoms with E-state index in [0.717, 1.165) is 11.3 Å². The first kappa shape index (κ1) is 11.3. The van der Waals surface area contributed by atoms with Gasteiger partial charge in [-0.3, -0.25) is 5.32 Å². The number of morpholine rings is 1. The van der Waals surface area contributed by atoms with E-state index in [-0.39, 0.29) is 10.8 Å². The van der Waals surface area contributed by atoms with Gasteiger partial charge in [-0.25, -0.2) is 8.42 Å². The number of ether oxygens (including phenoxy) is 1. The van der Waals surface area contributed by atoms with Crippen LogP contribution >= 0.6 is 22.9 Å². The van der Waals surface area contributed by atoms with Gasteiger partial charge in [0.15, 0.2) is 0 Å². The van der Waals surface area contributed by atoms with Gasteiger partial charge in [0.1, 0.15) is 9.58 Å². The number of hydrogen-bond acceptors (Lipinski definition) is 5. The van der Waals surface area contributed by atoms with E-state index >= 15 is 0 Å². The van der Waals surface area contributed by atoms with Crippen LogP contribution in [0.25, 0.3) is 0 Å². The van der Waals surface area contributed by atoms with Gasteiger partial charge in [-0.15, -0.1) is 11.3 Å². The van der Waals surface area contributed by atoms with Crippen molar-refractivity contribution in [3.8, 4) is 0 Å². The first-order valence-electron chi connectivity index (χ1n) is 4.41. The lowest BCUT2D eigenvalue weighted by Gasteiger charge is -2.22. The summed E-state index contributed by atoms with van der Waals surface area (Å²) in [4.78, 5) is 0. The molecule has 4 nitrogen and oxygen atoms in total. The Labute approximate surface area is 97.1 Å². The largest absolute Gasteiger partial charge is 0.377 e. The van der Waals surface area contributed by atoms with Crippen LogP contribution in [0.3, 0.4) is 0 Å². The van der Waals surface area contributed by atoms with Gasteiger partial charge in [-0.05, 0) is 12.1 Å². The third kappa shape index (κ3) is 2.34. The predicted molar refractivity (Wildman–Crippen MR) is 59.1 cm³/mol. The van der Waals surface area contributed by atoms with Crippen LogP contribution in [-0.4, -0.2) is 33.6 Å². The first-order chi connectivity index (χ1) is 7.10. The molecule has 0 bridgehead atoms. The van der Waals surface area contributed by atoms with Crippen LogP contribution in [0.4, 0.5) is 0 Å². The molecule has 1 atom stereocenters. The zero-order chi connectivity index (χ0) is 10.9. The van der Waals surface area contributed by atoms with Gasteiger partial charge >= 0.3 is 0 Å². The second-order valence-electron chi connectivity index (χ2n) is 3.12. The average Bonchev–Trinajstić information content (AvgIpc) is 2.67. The standard InChI is InChI=1S/C8H10ClNO3S2/c9-6-1-2-8(14-6)15(11,12)7-5-13-4-3-10-7/h1-2,7,10H,3-5H2. The molecule has 84 valence electrons. The lowest BCUT2D eigenvalue weighted by molar-refractivity contribution is 0.0978. The highest BCUT2D eigenvalue weighted by Gasteiger charge is 2.30. The highest BCUT2D eigenvalue weighted by Crippen LogP contribution is 2.28. The molecule has 0 radical (unpaired) electrons. The van der Waals surface area contributed by atoms with Crippen molar-refractivity contribution in [1.29, 1.82) is 0 Å². The van der Waals surface area contributed by atoms with Crippen LogP contribution in [0, 0.1) is 0 Å². The van der Waals surface area contributed by atoms with Gasteiger partial charge in [0.2, 0.25) is 9.84 Å². The fourth-order valence-electron chi connectivity index (χ4n) is 1.33. The summed E-state index contributed by atoms with van der Waals surface area (Å²) in [7, 11) is -3.34. The number of thiophene rings is 1. The van der Waals surface area contributed by atoms with Crippen molar-refractivity contribution in [1.82, 2.24) is 5.32 Å². The molecule has 0 aromatic carbocycles.